The molecule has 0 unspecified atom stereocenters. The molecule has 1 amide bonds. The van der Waals surface area contributed by atoms with Crippen LogP contribution in [0.5, 0.6) is 0 Å². The normalized spacial score (nSPS) is 11.8. The summed E-state index contributed by atoms with van der Waals surface area (Å²) in [5, 5.41) is 13.7. The third-order valence-electron chi connectivity index (χ3n) is 4.44. The van der Waals surface area contributed by atoms with E-state index in [4.69, 9.17) is 0 Å². The van der Waals surface area contributed by atoms with Gasteiger partial charge in [-0.3, -0.25) is 14.9 Å². The van der Waals surface area contributed by atoms with Gasteiger partial charge in [0.25, 0.3) is 5.69 Å². The molecule has 1 atom stereocenters. The Kier molecular flexibility index (Phi) is 5.61. The topological polar surface area (TPSA) is 76.3 Å². The van der Waals surface area contributed by atoms with Crippen molar-refractivity contribution in [3.63, 3.8) is 0 Å². The molecule has 138 valence electrons. The molecule has 0 saturated heterocycles. The van der Waals surface area contributed by atoms with Gasteiger partial charge in [0, 0.05) is 30.1 Å². The van der Waals surface area contributed by atoms with Crippen LogP contribution in [0.15, 0.2) is 60.0 Å². The number of nitro benzene ring substituents is 1. The lowest BCUT2D eigenvalue weighted by Crippen LogP contribution is -2.31. The van der Waals surface area contributed by atoms with Crippen molar-refractivity contribution in [2.45, 2.75) is 19.4 Å². The average Bonchev–Trinajstić information content (AvgIpc) is 3.16. The molecule has 0 bridgehead atoms. The van der Waals surface area contributed by atoms with Crippen molar-refractivity contribution in [3.8, 4) is 10.6 Å². The highest BCUT2D eigenvalue weighted by Gasteiger charge is 2.20. The lowest BCUT2D eigenvalue weighted by atomic mass is 10.1. The maximum absolute atomic E-state index is 12.6. The maximum Gasteiger partial charge on any atom is 0.269 e. The highest BCUT2D eigenvalue weighted by atomic mass is 32.1. The molecule has 3 rings (SSSR count). The van der Waals surface area contributed by atoms with Crippen molar-refractivity contribution < 1.29 is 9.72 Å². The summed E-state index contributed by atoms with van der Waals surface area (Å²) in [6, 6.07) is 15.9. The summed E-state index contributed by atoms with van der Waals surface area (Å²) >= 11 is 1.51. The smallest absolute Gasteiger partial charge is 0.269 e. The first kappa shape index (κ1) is 18.7. The van der Waals surface area contributed by atoms with Crippen molar-refractivity contribution in [1.29, 1.82) is 0 Å². The van der Waals surface area contributed by atoms with E-state index in [-0.39, 0.29) is 24.1 Å². The van der Waals surface area contributed by atoms with Gasteiger partial charge < -0.3 is 4.90 Å². The monoisotopic (exact) mass is 381 g/mol. The summed E-state index contributed by atoms with van der Waals surface area (Å²) in [5.74, 6) is -0.0843. The van der Waals surface area contributed by atoms with E-state index in [1.54, 1.807) is 24.1 Å². The maximum atomic E-state index is 12.6. The second kappa shape index (κ2) is 8.09. The van der Waals surface area contributed by atoms with Crippen molar-refractivity contribution in [3.05, 3.63) is 81.3 Å². The molecule has 0 fully saturated rings. The number of rotatable bonds is 6. The number of hydrogen-bond acceptors (Lipinski definition) is 5. The molecule has 0 aliphatic rings. The van der Waals surface area contributed by atoms with Crippen molar-refractivity contribution in [2.75, 3.05) is 7.05 Å². The standard InChI is InChI=1S/C20H19N3O3S/c1-14(16-9-6-10-18(11-16)23(25)26)22(2)19(24)12-17-13-27-20(21-17)15-7-4-3-5-8-15/h3-11,13-14H,12H2,1-2H3/t14-/m1/s1. The molecule has 0 radical (unpaired) electrons. The van der Waals surface area contributed by atoms with Gasteiger partial charge in [0.15, 0.2) is 0 Å². The van der Waals surface area contributed by atoms with Crippen LogP contribution in [0.4, 0.5) is 5.69 Å². The Labute approximate surface area is 161 Å². The van der Waals surface area contributed by atoms with Crippen molar-refractivity contribution in [1.82, 2.24) is 9.88 Å². The van der Waals surface area contributed by atoms with Crippen LogP contribution < -0.4 is 0 Å². The van der Waals surface area contributed by atoms with E-state index in [1.807, 2.05) is 42.6 Å². The van der Waals surface area contributed by atoms with E-state index >= 15 is 0 Å². The Morgan fingerprint density at radius 1 is 1.22 bits per heavy atom. The molecule has 1 aromatic heterocycles. The third-order valence-corrected chi connectivity index (χ3v) is 5.38. The first-order chi connectivity index (χ1) is 13.0. The predicted molar refractivity (Wildman–Crippen MR) is 106 cm³/mol. The first-order valence-corrected chi connectivity index (χ1v) is 9.33. The number of non-ortho nitro benzene ring substituents is 1. The zero-order valence-corrected chi connectivity index (χ0v) is 15.8. The zero-order valence-electron chi connectivity index (χ0n) is 15.0. The number of amides is 1. The quantitative estimate of drug-likeness (QED) is 0.466. The summed E-state index contributed by atoms with van der Waals surface area (Å²) in [6.07, 6.45) is 0.194. The van der Waals surface area contributed by atoms with E-state index in [9.17, 15) is 14.9 Å². The molecule has 0 N–H and O–H groups in total. The summed E-state index contributed by atoms with van der Waals surface area (Å²) in [5.41, 5.74) is 2.50. The van der Waals surface area contributed by atoms with Gasteiger partial charge in [0.05, 0.1) is 23.1 Å². The first-order valence-electron chi connectivity index (χ1n) is 8.45. The molecule has 0 saturated carbocycles. The van der Waals surface area contributed by atoms with Gasteiger partial charge >= 0.3 is 0 Å². The van der Waals surface area contributed by atoms with Gasteiger partial charge in [0.1, 0.15) is 5.01 Å². The number of thiazole rings is 1. The zero-order chi connectivity index (χ0) is 19.4. The van der Waals surface area contributed by atoms with Gasteiger partial charge in [-0.05, 0) is 12.5 Å². The molecular formula is C20H19N3O3S. The molecule has 6 nitrogen and oxygen atoms in total. The average molecular weight is 381 g/mol. The van der Waals surface area contributed by atoms with Crippen LogP contribution in [-0.4, -0.2) is 27.8 Å². The van der Waals surface area contributed by atoms with Gasteiger partial charge in [-0.15, -0.1) is 11.3 Å². The van der Waals surface area contributed by atoms with E-state index in [2.05, 4.69) is 4.98 Å². The number of nitro groups is 1. The Hall–Kier alpha value is -3.06. The molecular weight excluding hydrogens is 362 g/mol. The van der Waals surface area contributed by atoms with Crippen LogP contribution in [0.3, 0.4) is 0 Å². The number of aromatic nitrogens is 1. The Balaban J connectivity index is 1.70. The number of carbonyl (C=O) groups excluding carboxylic acids is 1. The third kappa shape index (κ3) is 4.38. The minimum Gasteiger partial charge on any atom is -0.339 e. The van der Waals surface area contributed by atoms with Gasteiger partial charge in [-0.2, -0.15) is 0 Å². The number of hydrogen-bond donors (Lipinski definition) is 0. The lowest BCUT2D eigenvalue weighted by molar-refractivity contribution is -0.384. The second-order valence-corrected chi connectivity index (χ2v) is 7.08. The van der Waals surface area contributed by atoms with Crippen LogP contribution in [-0.2, 0) is 11.2 Å². The molecule has 3 aromatic rings. The van der Waals surface area contributed by atoms with E-state index in [0.29, 0.717) is 0 Å². The Morgan fingerprint density at radius 3 is 2.67 bits per heavy atom. The minimum atomic E-state index is -0.432. The number of nitrogens with zero attached hydrogens (tertiary/aromatic N) is 3. The van der Waals surface area contributed by atoms with Crippen LogP contribution >= 0.6 is 11.3 Å². The SMILES string of the molecule is C[C@H](c1cccc([N+](=O)[O-])c1)N(C)C(=O)Cc1csc(-c2ccccc2)n1. The Bertz CT molecular complexity index is 956. The van der Waals surface area contributed by atoms with Crippen molar-refractivity contribution in [2.24, 2.45) is 0 Å². The van der Waals surface area contributed by atoms with Crippen LogP contribution in [0.2, 0.25) is 0 Å². The molecule has 0 spiro atoms. The molecule has 1 heterocycles. The summed E-state index contributed by atoms with van der Waals surface area (Å²) in [6.45, 7) is 1.85. The van der Waals surface area contributed by atoms with E-state index in [0.717, 1.165) is 21.8 Å². The minimum absolute atomic E-state index is 0.0206. The molecule has 0 aliphatic carbocycles. The van der Waals surface area contributed by atoms with E-state index in [1.165, 1.54) is 23.5 Å². The molecule has 27 heavy (non-hydrogen) atoms. The Morgan fingerprint density at radius 2 is 1.96 bits per heavy atom. The number of benzene rings is 2. The summed E-state index contributed by atoms with van der Waals surface area (Å²) < 4.78 is 0. The highest BCUT2D eigenvalue weighted by molar-refractivity contribution is 7.13. The summed E-state index contributed by atoms with van der Waals surface area (Å²) in [7, 11) is 1.70. The van der Waals surface area contributed by atoms with Gasteiger partial charge in [-0.1, -0.05) is 42.5 Å². The predicted octanol–water partition coefficient (Wildman–Crippen LogP) is 4.48. The number of carbonyl (C=O) groups is 1. The van der Waals surface area contributed by atoms with Crippen LogP contribution in [0, 0.1) is 10.1 Å². The fourth-order valence-electron chi connectivity index (χ4n) is 2.72. The fourth-order valence-corrected chi connectivity index (χ4v) is 3.54. The lowest BCUT2D eigenvalue weighted by Gasteiger charge is -2.25. The van der Waals surface area contributed by atoms with E-state index < -0.39 is 4.92 Å². The van der Waals surface area contributed by atoms with Gasteiger partial charge in [0.2, 0.25) is 5.91 Å². The largest absolute Gasteiger partial charge is 0.339 e. The van der Waals surface area contributed by atoms with Crippen LogP contribution in [0.1, 0.15) is 24.2 Å². The molecule has 0 aliphatic heterocycles. The van der Waals surface area contributed by atoms with Crippen LogP contribution in [0.25, 0.3) is 10.6 Å². The molecule has 2 aromatic carbocycles. The highest BCUT2D eigenvalue weighted by Crippen LogP contribution is 2.26. The number of likely N-dealkylation sites (N-methyl/N-ethyl adjacent to an activating group) is 1. The second-order valence-electron chi connectivity index (χ2n) is 6.22. The fraction of sp³-hybridized carbons (Fsp3) is 0.200. The van der Waals surface area contributed by atoms with Crippen molar-refractivity contribution >= 4 is 22.9 Å². The summed E-state index contributed by atoms with van der Waals surface area (Å²) in [4.78, 5) is 29.3. The van der Waals surface area contributed by atoms with Gasteiger partial charge in [-0.25, -0.2) is 4.98 Å². The molecule has 7 heteroatoms.